The summed E-state index contributed by atoms with van der Waals surface area (Å²) in [5.41, 5.74) is 4.14. The summed E-state index contributed by atoms with van der Waals surface area (Å²) >= 11 is 1.75. The molecule has 0 aliphatic heterocycles. The fraction of sp³-hybridized carbons (Fsp3) is 0.250. The lowest BCUT2D eigenvalue weighted by atomic mass is 9.84. The Morgan fingerprint density at radius 1 is 0.812 bits per heavy atom. The number of rotatable bonds is 7. The third-order valence-electron chi connectivity index (χ3n) is 4.89. The van der Waals surface area contributed by atoms with Crippen molar-refractivity contribution in [3.05, 3.63) is 119 Å². The molecule has 4 heteroatoms. The summed E-state index contributed by atoms with van der Waals surface area (Å²) in [6, 6.07) is 31.7. The van der Waals surface area contributed by atoms with Crippen molar-refractivity contribution in [3.63, 3.8) is 0 Å². The zero-order chi connectivity index (χ0) is 23.0. The van der Waals surface area contributed by atoms with Gasteiger partial charge in [-0.2, -0.15) is 0 Å². The molecule has 0 radical (unpaired) electrons. The molecule has 3 rings (SSSR count). The van der Waals surface area contributed by atoms with Crippen molar-refractivity contribution in [3.8, 4) is 0 Å². The Balaban J connectivity index is 1.97. The summed E-state index contributed by atoms with van der Waals surface area (Å²) in [7, 11) is 0. The molecule has 0 heterocycles. The average molecular weight is 446 g/mol. The number of ether oxygens (including phenoxy) is 1. The smallest absolute Gasteiger partial charge is 0.407 e. The normalized spacial score (nSPS) is 12.3. The first kappa shape index (κ1) is 23.7. The highest BCUT2D eigenvalue weighted by Crippen LogP contribution is 2.49. The van der Waals surface area contributed by atoms with Gasteiger partial charge >= 0.3 is 6.09 Å². The largest absolute Gasteiger partial charge is 0.444 e. The van der Waals surface area contributed by atoms with Crippen LogP contribution in [0.3, 0.4) is 0 Å². The Morgan fingerprint density at radius 3 is 1.59 bits per heavy atom. The molecular weight excluding hydrogens is 414 g/mol. The van der Waals surface area contributed by atoms with E-state index in [2.05, 4.69) is 83.5 Å². The zero-order valence-corrected chi connectivity index (χ0v) is 20.0. The maximum Gasteiger partial charge on any atom is 0.407 e. The molecule has 0 spiro atoms. The highest BCUT2D eigenvalue weighted by atomic mass is 32.2. The molecule has 32 heavy (non-hydrogen) atoms. The van der Waals surface area contributed by atoms with E-state index in [1.54, 1.807) is 11.8 Å². The standard InChI is InChI=1S/C28H31NO2S/c1-22(20-29-26(30)31-27(2,3)4)21-32-28(23-14-8-5-9-15-23,24-16-10-6-11-17-24)25-18-12-7-13-19-25/h5-19,21H,20H2,1-4H3,(H,29,30)/b22-21-. The van der Waals surface area contributed by atoms with Gasteiger partial charge in [0, 0.05) is 6.54 Å². The van der Waals surface area contributed by atoms with Crippen molar-refractivity contribution in [2.75, 3.05) is 6.54 Å². The summed E-state index contributed by atoms with van der Waals surface area (Å²) in [4.78, 5) is 12.1. The van der Waals surface area contributed by atoms with E-state index < -0.39 is 16.4 Å². The minimum Gasteiger partial charge on any atom is -0.444 e. The zero-order valence-electron chi connectivity index (χ0n) is 19.2. The second-order valence-corrected chi connectivity index (χ2v) is 9.80. The molecular formula is C28H31NO2S. The molecule has 0 saturated carbocycles. The van der Waals surface area contributed by atoms with Crippen LogP contribution in [0, 0.1) is 0 Å². The van der Waals surface area contributed by atoms with E-state index >= 15 is 0 Å². The van der Waals surface area contributed by atoms with Crippen LogP contribution < -0.4 is 5.32 Å². The van der Waals surface area contributed by atoms with Crippen molar-refractivity contribution < 1.29 is 9.53 Å². The monoisotopic (exact) mass is 445 g/mol. The molecule has 0 fully saturated rings. The number of thioether (sulfide) groups is 1. The van der Waals surface area contributed by atoms with Gasteiger partial charge < -0.3 is 10.1 Å². The van der Waals surface area contributed by atoms with Crippen LogP contribution in [0.4, 0.5) is 4.79 Å². The van der Waals surface area contributed by atoms with Crippen molar-refractivity contribution in [1.82, 2.24) is 5.32 Å². The molecule has 3 aromatic carbocycles. The van der Waals surface area contributed by atoms with Gasteiger partial charge in [0.05, 0.1) is 4.75 Å². The molecule has 0 bridgehead atoms. The van der Waals surface area contributed by atoms with Crippen molar-refractivity contribution in [2.24, 2.45) is 0 Å². The van der Waals surface area contributed by atoms with Gasteiger partial charge in [0.1, 0.15) is 5.60 Å². The number of benzene rings is 3. The highest BCUT2D eigenvalue weighted by Gasteiger charge is 2.36. The van der Waals surface area contributed by atoms with Crippen molar-refractivity contribution >= 4 is 17.9 Å². The SMILES string of the molecule is C/C(=C/SC(c1ccccc1)(c1ccccc1)c1ccccc1)CNC(=O)OC(C)(C)C. The lowest BCUT2D eigenvalue weighted by molar-refractivity contribution is 0.0532. The lowest BCUT2D eigenvalue weighted by Crippen LogP contribution is -2.33. The van der Waals surface area contributed by atoms with E-state index in [0.717, 1.165) is 5.57 Å². The molecule has 0 saturated heterocycles. The summed E-state index contributed by atoms with van der Waals surface area (Å²) in [6.07, 6.45) is -0.407. The predicted molar refractivity (Wildman–Crippen MR) is 135 cm³/mol. The molecule has 0 aliphatic carbocycles. The molecule has 0 unspecified atom stereocenters. The number of amides is 1. The van der Waals surface area contributed by atoms with Gasteiger partial charge in [0.25, 0.3) is 0 Å². The Kier molecular flexibility index (Phi) is 7.81. The van der Waals surface area contributed by atoms with Gasteiger partial charge in [-0.3, -0.25) is 0 Å². The molecule has 1 amide bonds. The lowest BCUT2D eigenvalue weighted by Gasteiger charge is -2.34. The predicted octanol–water partition coefficient (Wildman–Crippen LogP) is 7.14. The van der Waals surface area contributed by atoms with Gasteiger partial charge in [0.2, 0.25) is 0 Å². The number of hydrogen-bond acceptors (Lipinski definition) is 3. The van der Waals surface area contributed by atoms with E-state index in [-0.39, 0.29) is 0 Å². The van der Waals surface area contributed by atoms with Crippen LogP contribution in [0.5, 0.6) is 0 Å². The molecule has 166 valence electrons. The first-order valence-electron chi connectivity index (χ1n) is 10.8. The van der Waals surface area contributed by atoms with Gasteiger partial charge in [-0.1, -0.05) is 91.0 Å². The highest BCUT2D eigenvalue weighted by molar-refractivity contribution is 8.03. The van der Waals surface area contributed by atoms with Crippen molar-refractivity contribution in [2.45, 2.75) is 38.0 Å². The van der Waals surface area contributed by atoms with Crippen LogP contribution in [0.1, 0.15) is 44.4 Å². The quantitative estimate of drug-likeness (QED) is 0.393. The number of alkyl carbamates (subject to hydrolysis) is 1. The van der Waals surface area contributed by atoms with E-state index in [4.69, 9.17) is 4.74 Å². The fourth-order valence-corrected chi connectivity index (χ4v) is 4.76. The summed E-state index contributed by atoms with van der Waals surface area (Å²) in [5, 5.41) is 4.99. The van der Waals surface area contributed by atoms with Gasteiger partial charge in [-0.15, -0.1) is 11.8 Å². The Hall–Kier alpha value is -2.98. The number of nitrogens with one attached hydrogen (secondary N) is 1. The molecule has 0 aromatic heterocycles. The molecule has 1 N–H and O–H groups in total. The number of carbonyl (C=O) groups is 1. The molecule has 3 nitrogen and oxygen atoms in total. The third kappa shape index (κ3) is 6.04. The average Bonchev–Trinajstić information content (AvgIpc) is 2.79. The maximum atomic E-state index is 12.1. The van der Waals surface area contributed by atoms with Crippen LogP contribution in [-0.2, 0) is 9.48 Å². The third-order valence-corrected chi connectivity index (χ3v) is 6.47. The maximum absolute atomic E-state index is 12.1. The Bertz CT molecular complexity index is 929. The van der Waals surface area contributed by atoms with E-state index in [0.29, 0.717) is 6.54 Å². The van der Waals surface area contributed by atoms with Gasteiger partial charge in [-0.25, -0.2) is 4.79 Å². The fourth-order valence-electron chi connectivity index (χ4n) is 3.48. The van der Waals surface area contributed by atoms with Crippen LogP contribution >= 0.6 is 11.8 Å². The topological polar surface area (TPSA) is 38.3 Å². The van der Waals surface area contributed by atoms with E-state index in [1.165, 1.54) is 16.7 Å². The van der Waals surface area contributed by atoms with Crippen LogP contribution in [0.15, 0.2) is 102 Å². The number of carbonyl (C=O) groups excluding carboxylic acids is 1. The minimum atomic E-state index is -0.514. The number of hydrogen-bond donors (Lipinski definition) is 1. The summed E-state index contributed by atoms with van der Waals surface area (Å²) in [6.45, 7) is 8.03. The Labute approximate surface area is 195 Å². The molecule has 0 aliphatic rings. The first-order chi connectivity index (χ1) is 15.3. The van der Waals surface area contributed by atoms with E-state index in [1.807, 2.05) is 45.9 Å². The van der Waals surface area contributed by atoms with Crippen molar-refractivity contribution in [1.29, 1.82) is 0 Å². The summed E-state index contributed by atoms with van der Waals surface area (Å²) < 4.78 is 4.94. The Morgan fingerprint density at radius 2 is 1.22 bits per heavy atom. The van der Waals surface area contributed by atoms with Gasteiger partial charge in [-0.05, 0) is 55.4 Å². The first-order valence-corrected chi connectivity index (χ1v) is 11.7. The molecule has 0 atom stereocenters. The second kappa shape index (κ2) is 10.6. The minimum absolute atomic E-state index is 0.407. The van der Waals surface area contributed by atoms with Crippen LogP contribution in [-0.4, -0.2) is 18.2 Å². The van der Waals surface area contributed by atoms with E-state index in [9.17, 15) is 4.79 Å². The second-order valence-electron chi connectivity index (χ2n) is 8.72. The van der Waals surface area contributed by atoms with Gasteiger partial charge in [0.15, 0.2) is 0 Å². The summed E-state index contributed by atoms with van der Waals surface area (Å²) in [5.74, 6) is 0. The molecule has 3 aromatic rings. The van der Waals surface area contributed by atoms with Crippen LogP contribution in [0.2, 0.25) is 0 Å². The van der Waals surface area contributed by atoms with Crippen LogP contribution in [0.25, 0.3) is 0 Å².